The lowest BCUT2D eigenvalue weighted by Gasteiger charge is -1.88. The molecule has 0 rings (SSSR count). The second-order valence-corrected chi connectivity index (χ2v) is 2.28. The first-order valence-corrected chi connectivity index (χ1v) is 3.33. The van der Waals surface area contributed by atoms with Crippen molar-refractivity contribution in [1.82, 2.24) is 0 Å². The number of rotatable bonds is 2. The molecule has 42 valence electrons. The molecule has 0 radical (unpaired) electrons. The van der Waals surface area contributed by atoms with Gasteiger partial charge in [0.2, 0.25) is 0 Å². The largest absolute Gasteiger partial charge is 0.110 e. The minimum absolute atomic E-state index is 1.16. The average Bonchev–Trinajstić information content (AvgIpc) is 1.68. The number of hydrogen-bond donors (Lipinski definition) is 0. The van der Waals surface area contributed by atoms with E-state index in [1.165, 1.54) is 11.7 Å². The Labute approximate surface area is 48.2 Å². The maximum absolute atomic E-state index is 2.72. The molecule has 1 heteroatoms. The van der Waals surface area contributed by atoms with Gasteiger partial charge in [0.1, 0.15) is 0 Å². The summed E-state index contributed by atoms with van der Waals surface area (Å²) < 4.78 is 0. The van der Waals surface area contributed by atoms with Crippen LogP contribution in [-0.2, 0) is 0 Å². The average molecular weight is 116 g/mol. The summed E-state index contributed by atoms with van der Waals surface area (Å²) >= 11 is 0. The topological polar surface area (TPSA) is 0 Å². The van der Waals surface area contributed by atoms with Gasteiger partial charge in [-0.2, -0.15) is 0 Å². The Morgan fingerprint density at radius 2 is 2.14 bits per heavy atom. The first kappa shape index (κ1) is 7.17. The summed E-state index contributed by atoms with van der Waals surface area (Å²) in [7, 11) is 2.72. The van der Waals surface area contributed by atoms with E-state index in [9.17, 15) is 0 Å². The maximum atomic E-state index is 2.72. The van der Waals surface area contributed by atoms with Crippen molar-refractivity contribution < 1.29 is 0 Å². The Kier molecular flexibility index (Phi) is 4.44. The second-order valence-electron chi connectivity index (χ2n) is 1.54. The van der Waals surface area contributed by atoms with Gasteiger partial charge in [-0.1, -0.05) is 25.2 Å². The summed E-state index contributed by atoms with van der Waals surface area (Å²) in [5, 5.41) is 1.42. The molecule has 0 bridgehead atoms. The zero-order valence-corrected chi connectivity index (χ0v) is 6.22. The molecule has 0 aromatic carbocycles. The van der Waals surface area contributed by atoms with Gasteiger partial charge in [0.05, 0.1) is 0 Å². The van der Waals surface area contributed by atoms with Crippen LogP contribution in [0, 0.1) is 0 Å². The van der Waals surface area contributed by atoms with Crippen LogP contribution in [-0.4, -0.2) is 0 Å². The van der Waals surface area contributed by atoms with Crippen molar-refractivity contribution in [3.05, 3.63) is 11.4 Å². The molecular weight excluding hydrogens is 103 g/mol. The van der Waals surface area contributed by atoms with E-state index < -0.39 is 0 Å². The molecule has 0 fully saturated rings. The summed E-state index contributed by atoms with van der Waals surface area (Å²) in [5.74, 6) is 0. The van der Waals surface area contributed by atoms with Gasteiger partial charge < -0.3 is 0 Å². The van der Waals surface area contributed by atoms with Crippen LogP contribution in [0.5, 0.6) is 0 Å². The van der Waals surface area contributed by atoms with Gasteiger partial charge in [-0.15, -0.1) is 9.24 Å². The molecule has 0 aliphatic heterocycles. The standard InChI is InChI=1S/C6H13P/c1-3-5-6(7)4-2/h5H,3-4,7H2,1-2H3/b6-5-. The van der Waals surface area contributed by atoms with E-state index >= 15 is 0 Å². The van der Waals surface area contributed by atoms with Gasteiger partial charge in [0.15, 0.2) is 0 Å². The highest BCUT2D eigenvalue weighted by Gasteiger charge is 1.76. The van der Waals surface area contributed by atoms with Gasteiger partial charge >= 0.3 is 0 Å². The van der Waals surface area contributed by atoms with E-state index in [0.29, 0.717) is 0 Å². The van der Waals surface area contributed by atoms with Crippen molar-refractivity contribution in [3.63, 3.8) is 0 Å². The third-order valence-electron chi connectivity index (χ3n) is 0.875. The molecule has 0 amide bonds. The third kappa shape index (κ3) is 4.01. The van der Waals surface area contributed by atoms with Crippen LogP contribution in [0.1, 0.15) is 26.7 Å². The van der Waals surface area contributed by atoms with Gasteiger partial charge in [-0.05, 0) is 12.8 Å². The minimum atomic E-state index is 1.16. The highest BCUT2D eigenvalue weighted by atomic mass is 31.0. The molecule has 0 spiro atoms. The molecule has 0 aromatic rings. The Morgan fingerprint density at radius 1 is 1.57 bits per heavy atom. The normalized spacial score (nSPS) is 12.1. The number of hydrogen-bond acceptors (Lipinski definition) is 0. The Morgan fingerprint density at radius 3 is 2.29 bits per heavy atom. The lowest BCUT2D eigenvalue weighted by molar-refractivity contribution is 1.14. The Bertz CT molecular complexity index is 64.6. The number of allylic oxidation sites excluding steroid dienone is 2. The first-order valence-electron chi connectivity index (χ1n) is 2.75. The molecule has 0 saturated carbocycles. The van der Waals surface area contributed by atoms with Crippen molar-refractivity contribution in [2.24, 2.45) is 0 Å². The highest BCUT2D eigenvalue weighted by molar-refractivity contribution is 7.22. The summed E-state index contributed by atoms with van der Waals surface area (Å²) in [4.78, 5) is 0. The molecule has 0 N–H and O–H groups in total. The molecule has 1 unspecified atom stereocenters. The molecular formula is C6H13P. The van der Waals surface area contributed by atoms with E-state index in [2.05, 4.69) is 29.2 Å². The predicted octanol–water partition coefficient (Wildman–Crippen LogP) is 2.57. The summed E-state index contributed by atoms with van der Waals surface area (Å²) in [6.07, 6.45) is 4.55. The maximum Gasteiger partial charge on any atom is -0.0311 e. The molecule has 0 saturated heterocycles. The summed E-state index contributed by atoms with van der Waals surface area (Å²) in [5.41, 5.74) is 0. The Balaban J connectivity index is 3.29. The van der Waals surface area contributed by atoms with Gasteiger partial charge in [-0.3, -0.25) is 0 Å². The second kappa shape index (κ2) is 4.33. The van der Waals surface area contributed by atoms with Crippen molar-refractivity contribution >= 4 is 9.24 Å². The van der Waals surface area contributed by atoms with E-state index in [0.717, 1.165) is 6.42 Å². The van der Waals surface area contributed by atoms with Gasteiger partial charge in [0.25, 0.3) is 0 Å². The van der Waals surface area contributed by atoms with Crippen LogP contribution >= 0.6 is 9.24 Å². The quantitative estimate of drug-likeness (QED) is 0.486. The molecule has 0 aromatic heterocycles. The van der Waals surface area contributed by atoms with E-state index in [4.69, 9.17) is 0 Å². The fraction of sp³-hybridized carbons (Fsp3) is 0.667. The monoisotopic (exact) mass is 116 g/mol. The lowest BCUT2D eigenvalue weighted by Crippen LogP contribution is -1.62. The first-order chi connectivity index (χ1) is 3.31. The third-order valence-corrected chi connectivity index (χ3v) is 1.52. The van der Waals surface area contributed by atoms with Crippen LogP contribution in [0.3, 0.4) is 0 Å². The summed E-state index contributed by atoms with van der Waals surface area (Å²) in [6, 6.07) is 0. The zero-order valence-electron chi connectivity index (χ0n) is 5.07. The molecule has 0 heterocycles. The molecule has 0 aliphatic carbocycles. The minimum Gasteiger partial charge on any atom is -0.110 e. The van der Waals surface area contributed by atoms with Crippen LogP contribution in [0.2, 0.25) is 0 Å². The van der Waals surface area contributed by atoms with E-state index in [1.807, 2.05) is 0 Å². The smallest absolute Gasteiger partial charge is 0.0311 e. The van der Waals surface area contributed by atoms with Gasteiger partial charge in [0, 0.05) is 0 Å². The van der Waals surface area contributed by atoms with Crippen LogP contribution in [0.25, 0.3) is 0 Å². The SMILES string of the molecule is CC/C=C(\P)CC. The van der Waals surface area contributed by atoms with Crippen molar-refractivity contribution in [3.8, 4) is 0 Å². The van der Waals surface area contributed by atoms with Crippen LogP contribution < -0.4 is 0 Å². The molecule has 1 atom stereocenters. The lowest BCUT2D eigenvalue weighted by atomic mass is 10.3. The van der Waals surface area contributed by atoms with Crippen molar-refractivity contribution in [2.75, 3.05) is 0 Å². The molecule has 7 heavy (non-hydrogen) atoms. The van der Waals surface area contributed by atoms with E-state index in [-0.39, 0.29) is 0 Å². The Hall–Kier alpha value is 0.170. The van der Waals surface area contributed by atoms with Crippen molar-refractivity contribution in [2.45, 2.75) is 26.7 Å². The van der Waals surface area contributed by atoms with Crippen LogP contribution in [0.4, 0.5) is 0 Å². The summed E-state index contributed by atoms with van der Waals surface area (Å²) in [6.45, 7) is 4.31. The molecule has 0 aliphatic rings. The zero-order chi connectivity index (χ0) is 5.70. The molecule has 0 nitrogen and oxygen atoms in total. The highest BCUT2D eigenvalue weighted by Crippen LogP contribution is 2.09. The fourth-order valence-electron chi connectivity index (χ4n) is 0.407. The van der Waals surface area contributed by atoms with Gasteiger partial charge in [-0.25, -0.2) is 0 Å². The van der Waals surface area contributed by atoms with E-state index in [1.54, 1.807) is 0 Å². The predicted molar refractivity (Wildman–Crippen MR) is 38.4 cm³/mol. The van der Waals surface area contributed by atoms with Crippen LogP contribution in [0.15, 0.2) is 11.4 Å². The van der Waals surface area contributed by atoms with Crippen molar-refractivity contribution in [1.29, 1.82) is 0 Å². The fourth-order valence-corrected chi connectivity index (χ4v) is 0.642.